The van der Waals surface area contributed by atoms with E-state index in [-0.39, 0.29) is 22.6 Å². The van der Waals surface area contributed by atoms with E-state index < -0.39 is 5.97 Å². The smallest absolute Gasteiger partial charge is 0.347 e. The van der Waals surface area contributed by atoms with E-state index in [1.165, 1.54) is 0 Å². The molecule has 92 valence electrons. The molecule has 6 heteroatoms. The van der Waals surface area contributed by atoms with Crippen LogP contribution in [-0.2, 0) is 4.79 Å². The normalized spacial score (nSPS) is 15.0. The number of nitrogens with zero attached hydrogens (tertiary/aromatic N) is 1. The third kappa shape index (κ3) is 2.63. The van der Waals surface area contributed by atoms with Crippen LogP contribution in [-0.4, -0.2) is 22.0 Å². The summed E-state index contributed by atoms with van der Waals surface area (Å²) in [4.78, 5) is 27.0. The van der Waals surface area contributed by atoms with Crippen molar-refractivity contribution in [2.24, 2.45) is 5.92 Å². The maximum atomic E-state index is 11.5. The number of hydrogen-bond acceptors (Lipinski definition) is 4. The van der Waals surface area contributed by atoms with E-state index in [2.05, 4.69) is 10.3 Å². The first-order chi connectivity index (χ1) is 7.99. The topological polar surface area (TPSA) is 79.3 Å². The minimum Gasteiger partial charge on any atom is -0.477 e. The van der Waals surface area contributed by atoms with Gasteiger partial charge in [-0.15, -0.1) is 0 Å². The van der Waals surface area contributed by atoms with Crippen molar-refractivity contribution in [3.05, 3.63) is 10.6 Å². The average molecular weight is 254 g/mol. The monoisotopic (exact) mass is 254 g/mol. The van der Waals surface area contributed by atoms with Crippen LogP contribution in [0.15, 0.2) is 0 Å². The number of hydrogen-bond donors (Lipinski definition) is 2. The van der Waals surface area contributed by atoms with E-state index in [9.17, 15) is 9.59 Å². The zero-order chi connectivity index (χ0) is 12.6. The number of rotatable bonds is 4. The second-order valence-corrected chi connectivity index (χ2v) is 5.46. The molecule has 1 saturated carbocycles. The van der Waals surface area contributed by atoms with Gasteiger partial charge in [0.05, 0.1) is 5.69 Å². The van der Waals surface area contributed by atoms with Crippen LogP contribution in [0, 0.1) is 5.92 Å². The van der Waals surface area contributed by atoms with Gasteiger partial charge in [0.15, 0.2) is 5.13 Å². The molecule has 0 atom stereocenters. The van der Waals surface area contributed by atoms with E-state index >= 15 is 0 Å². The first kappa shape index (κ1) is 12.0. The molecule has 1 aromatic rings. The molecule has 1 aliphatic carbocycles. The molecule has 0 unspecified atom stereocenters. The fourth-order valence-electron chi connectivity index (χ4n) is 1.48. The molecule has 5 nitrogen and oxygen atoms in total. The van der Waals surface area contributed by atoms with Crippen molar-refractivity contribution in [1.82, 2.24) is 4.98 Å². The second kappa shape index (κ2) is 4.44. The Balaban J connectivity index is 2.20. The Morgan fingerprint density at radius 3 is 2.53 bits per heavy atom. The number of aromatic carboxylic acids is 1. The SMILES string of the molecule is CC(C)c1nc(NC(=O)C2CC2)sc1C(=O)O. The van der Waals surface area contributed by atoms with Crippen molar-refractivity contribution in [3.8, 4) is 0 Å². The van der Waals surface area contributed by atoms with Gasteiger partial charge in [-0.1, -0.05) is 25.2 Å². The van der Waals surface area contributed by atoms with E-state index in [0.717, 1.165) is 24.2 Å². The molecule has 1 aromatic heterocycles. The molecule has 0 aliphatic heterocycles. The van der Waals surface area contributed by atoms with Crippen molar-refractivity contribution >= 4 is 28.3 Å². The maximum absolute atomic E-state index is 11.5. The summed E-state index contributed by atoms with van der Waals surface area (Å²) in [6, 6.07) is 0. The van der Waals surface area contributed by atoms with Crippen LogP contribution >= 0.6 is 11.3 Å². The number of aromatic nitrogens is 1. The summed E-state index contributed by atoms with van der Waals surface area (Å²) in [6.45, 7) is 3.77. The van der Waals surface area contributed by atoms with Crippen molar-refractivity contribution < 1.29 is 14.7 Å². The highest BCUT2D eigenvalue weighted by atomic mass is 32.1. The third-order valence-electron chi connectivity index (χ3n) is 2.57. The molecule has 0 bridgehead atoms. The lowest BCUT2D eigenvalue weighted by atomic mass is 10.1. The quantitative estimate of drug-likeness (QED) is 0.864. The van der Waals surface area contributed by atoms with E-state index in [1.807, 2.05) is 13.8 Å². The Kier molecular flexibility index (Phi) is 3.15. The highest BCUT2D eigenvalue weighted by Crippen LogP contribution is 2.32. The van der Waals surface area contributed by atoms with Crippen molar-refractivity contribution in [1.29, 1.82) is 0 Å². The van der Waals surface area contributed by atoms with Crippen molar-refractivity contribution in [2.75, 3.05) is 5.32 Å². The van der Waals surface area contributed by atoms with E-state index in [0.29, 0.717) is 10.8 Å². The minimum atomic E-state index is -0.988. The number of nitrogens with one attached hydrogen (secondary N) is 1. The summed E-state index contributed by atoms with van der Waals surface area (Å²) >= 11 is 1.03. The Labute approximate surface area is 103 Å². The van der Waals surface area contributed by atoms with Gasteiger partial charge in [-0.25, -0.2) is 9.78 Å². The molecular formula is C11H14N2O3S. The number of thiazole rings is 1. The summed E-state index contributed by atoms with van der Waals surface area (Å²) in [7, 11) is 0. The molecule has 2 N–H and O–H groups in total. The molecule has 1 amide bonds. The molecule has 0 saturated heterocycles. The largest absolute Gasteiger partial charge is 0.477 e. The second-order valence-electron chi connectivity index (χ2n) is 4.46. The van der Waals surface area contributed by atoms with Crippen molar-refractivity contribution in [3.63, 3.8) is 0 Å². The number of carboxylic acid groups (broad SMARTS) is 1. The number of anilines is 1. The predicted molar refractivity (Wildman–Crippen MR) is 64.5 cm³/mol. The average Bonchev–Trinajstić information content (AvgIpc) is 2.99. The molecule has 1 heterocycles. The van der Waals surface area contributed by atoms with Crippen LogP contribution in [0.4, 0.5) is 5.13 Å². The first-order valence-corrected chi connectivity index (χ1v) is 6.35. The van der Waals surface area contributed by atoms with Crippen LogP contribution < -0.4 is 5.32 Å². The van der Waals surface area contributed by atoms with E-state index in [4.69, 9.17) is 5.11 Å². The van der Waals surface area contributed by atoms with Crippen LogP contribution in [0.5, 0.6) is 0 Å². The molecular weight excluding hydrogens is 240 g/mol. The standard InChI is InChI=1S/C11H14N2O3S/c1-5(2)7-8(10(15)16)17-11(12-7)13-9(14)6-3-4-6/h5-6H,3-4H2,1-2H3,(H,15,16)(H,12,13,14). The van der Waals surface area contributed by atoms with Gasteiger partial charge >= 0.3 is 5.97 Å². The molecule has 0 radical (unpaired) electrons. The van der Waals surface area contributed by atoms with Gasteiger partial charge in [0.25, 0.3) is 0 Å². The van der Waals surface area contributed by atoms with Crippen LogP contribution in [0.25, 0.3) is 0 Å². The number of amides is 1. The molecule has 1 aliphatic rings. The van der Waals surface area contributed by atoms with Crippen LogP contribution in [0.1, 0.15) is 48.0 Å². The van der Waals surface area contributed by atoms with Gasteiger partial charge in [-0.2, -0.15) is 0 Å². The lowest BCUT2D eigenvalue weighted by molar-refractivity contribution is -0.117. The molecule has 1 fully saturated rings. The first-order valence-electron chi connectivity index (χ1n) is 5.54. The summed E-state index contributed by atoms with van der Waals surface area (Å²) in [5.41, 5.74) is 0.536. The van der Waals surface area contributed by atoms with E-state index in [1.54, 1.807) is 0 Å². The Bertz CT molecular complexity index is 463. The van der Waals surface area contributed by atoms with Gasteiger partial charge in [-0.3, -0.25) is 4.79 Å². The molecule has 0 spiro atoms. The Hall–Kier alpha value is -1.43. The lowest BCUT2D eigenvalue weighted by Gasteiger charge is -2.00. The summed E-state index contributed by atoms with van der Waals surface area (Å²) in [5, 5.41) is 12.1. The third-order valence-corrected chi connectivity index (χ3v) is 3.55. The fourth-order valence-corrected chi connectivity index (χ4v) is 2.45. The number of carboxylic acids is 1. The van der Waals surface area contributed by atoms with Gasteiger partial charge in [-0.05, 0) is 18.8 Å². The van der Waals surface area contributed by atoms with Gasteiger partial charge in [0, 0.05) is 5.92 Å². The Morgan fingerprint density at radius 1 is 1.47 bits per heavy atom. The summed E-state index contributed by atoms with van der Waals surface area (Å²) in [5.74, 6) is -0.914. The zero-order valence-corrected chi connectivity index (χ0v) is 10.5. The minimum absolute atomic E-state index is 0.0314. The molecule has 0 aromatic carbocycles. The van der Waals surface area contributed by atoms with Crippen LogP contribution in [0.3, 0.4) is 0 Å². The molecule has 17 heavy (non-hydrogen) atoms. The zero-order valence-electron chi connectivity index (χ0n) is 9.69. The Morgan fingerprint density at radius 2 is 2.12 bits per heavy atom. The highest BCUT2D eigenvalue weighted by molar-refractivity contribution is 7.17. The lowest BCUT2D eigenvalue weighted by Crippen LogP contribution is -2.13. The van der Waals surface area contributed by atoms with Gasteiger partial charge < -0.3 is 10.4 Å². The predicted octanol–water partition coefficient (Wildman–Crippen LogP) is 2.31. The van der Waals surface area contributed by atoms with Crippen molar-refractivity contribution in [2.45, 2.75) is 32.6 Å². The van der Waals surface area contributed by atoms with Gasteiger partial charge in [0.2, 0.25) is 5.91 Å². The summed E-state index contributed by atoms with van der Waals surface area (Å²) < 4.78 is 0. The number of carbonyl (C=O) groups excluding carboxylic acids is 1. The number of carbonyl (C=O) groups is 2. The maximum Gasteiger partial charge on any atom is 0.347 e. The fraction of sp³-hybridized carbons (Fsp3) is 0.545. The van der Waals surface area contributed by atoms with Crippen LogP contribution in [0.2, 0.25) is 0 Å². The summed E-state index contributed by atoms with van der Waals surface area (Å²) in [6.07, 6.45) is 1.83. The molecule has 2 rings (SSSR count). The highest BCUT2D eigenvalue weighted by Gasteiger charge is 2.30. The van der Waals surface area contributed by atoms with Gasteiger partial charge in [0.1, 0.15) is 4.88 Å².